The standard InChI is InChI=1S/C15H15NO5S/c1-19-11-5-4-9(8-12(11)20-2)13(17)16-14-10(6-7-22-14)15(18)21-3/h4-8H,1-3H3,(H,16,17). The number of esters is 1. The maximum Gasteiger partial charge on any atom is 0.340 e. The molecule has 0 aliphatic rings. The number of thiophene rings is 1. The third kappa shape index (κ3) is 3.20. The first-order valence-electron chi connectivity index (χ1n) is 6.30. The first kappa shape index (κ1) is 15.8. The van der Waals surface area contributed by atoms with Gasteiger partial charge >= 0.3 is 5.97 Å². The molecule has 7 heteroatoms. The van der Waals surface area contributed by atoms with Gasteiger partial charge in [-0.25, -0.2) is 4.79 Å². The van der Waals surface area contributed by atoms with Crippen LogP contribution >= 0.6 is 11.3 Å². The van der Waals surface area contributed by atoms with E-state index in [1.165, 1.54) is 32.7 Å². The monoisotopic (exact) mass is 321 g/mol. The van der Waals surface area contributed by atoms with Crippen LogP contribution in [0.4, 0.5) is 5.00 Å². The number of hydrogen-bond acceptors (Lipinski definition) is 6. The van der Waals surface area contributed by atoms with Gasteiger partial charge in [0.05, 0.1) is 26.9 Å². The van der Waals surface area contributed by atoms with Crippen molar-refractivity contribution in [3.63, 3.8) is 0 Å². The average Bonchev–Trinajstić information content (AvgIpc) is 3.01. The van der Waals surface area contributed by atoms with Crippen LogP contribution in [0.2, 0.25) is 0 Å². The first-order chi connectivity index (χ1) is 10.6. The summed E-state index contributed by atoms with van der Waals surface area (Å²) in [6, 6.07) is 6.42. The second-order valence-electron chi connectivity index (χ2n) is 4.18. The maximum absolute atomic E-state index is 12.3. The molecule has 0 spiro atoms. The SMILES string of the molecule is COC(=O)c1ccsc1NC(=O)c1ccc(OC)c(OC)c1. The van der Waals surface area contributed by atoms with Gasteiger partial charge in [-0.1, -0.05) is 0 Å². The molecule has 1 aromatic carbocycles. The molecule has 0 radical (unpaired) electrons. The fourth-order valence-corrected chi connectivity index (χ4v) is 2.60. The van der Waals surface area contributed by atoms with Crippen molar-refractivity contribution in [1.29, 1.82) is 0 Å². The Kier molecular flexibility index (Phi) is 5.00. The van der Waals surface area contributed by atoms with Gasteiger partial charge in [-0.2, -0.15) is 0 Å². The van der Waals surface area contributed by atoms with Gasteiger partial charge in [0.2, 0.25) is 0 Å². The van der Waals surface area contributed by atoms with E-state index in [9.17, 15) is 9.59 Å². The zero-order chi connectivity index (χ0) is 16.1. The van der Waals surface area contributed by atoms with E-state index < -0.39 is 5.97 Å². The molecule has 0 fully saturated rings. The second kappa shape index (κ2) is 6.95. The summed E-state index contributed by atoms with van der Waals surface area (Å²) in [7, 11) is 4.31. The molecule has 1 N–H and O–H groups in total. The lowest BCUT2D eigenvalue weighted by molar-refractivity contribution is 0.0602. The largest absolute Gasteiger partial charge is 0.493 e. The number of amides is 1. The Morgan fingerprint density at radius 3 is 2.41 bits per heavy atom. The molecule has 0 bridgehead atoms. The Morgan fingerprint density at radius 2 is 1.77 bits per heavy atom. The lowest BCUT2D eigenvalue weighted by Gasteiger charge is -2.10. The minimum absolute atomic E-state index is 0.321. The second-order valence-corrected chi connectivity index (χ2v) is 5.09. The summed E-state index contributed by atoms with van der Waals surface area (Å²) >= 11 is 1.25. The Hall–Kier alpha value is -2.54. The summed E-state index contributed by atoms with van der Waals surface area (Å²) in [6.45, 7) is 0. The van der Waals surface area contributed by atoms with Gasteiger partial charge in [0.25, 0.3) is 5.91 Å². The molecule has 1 amide bonds. The van der Waals surface area contributed by atoms with Gasteiger partial charge in [0, 0.05) is 5.56 Å². The Morgan fingerprint density at radius 1 is 1.05 bits per heavy atom. The lowest BCUT2D eigenvalue weighted by Crippen LogP contribution is -2.14. The molecule has 6 nitrogen and oxygen atoms in total. The highest BCUT2D eigenvalue weighted by atomic mass is 32.1. The number of benzene rings is 1. The summed E-state index contributed by atoms with van der Waals surface area (Å²) in [4.78, 5) is 23.9. The van der Waals surface area contributed by atoms with Crippen LogP contribution in [0, 0.1) is 0 Å². The number of methoxy groups -OCH3 is 3. The molecule has 2 aromatic rings. The average molecular weight is 321 g/mol. The van der Waals surface area contributed by atoms with Crippen LogP contribution in [0.3, 0.4) is 0 Å². The topological polar surface area (TPSA) is 73.9 Å². The third-order valence-electron chi connectivity index (χ3n) is 2.94. The van der Waals surface area contributed by atoms with Crippen LogP contribution in [0.1, 0.15) is 20.7 Å². The number of hydrogen-bond donors (Lipinski definition) is 1. The van der Waals surface area contributed by atoms with E-state index in [-0.39, 0.29) is 5.91 Å². The fourth-order valence-electron chi connectivity index (χ4n) is 1.83. The number of anilines is 1. The molecule has 0 atom stereocenters. The number of ether oxygens (including phenoxy) is 3. The van der Waals surface area contributed by atoms with E-state index in [4.69, 9.17) is 9.47 Å². The van der Waals surface area contributed by atoms with Crippen LogP contribution in [0.5, 0.6) is 11.5 Å². The van der Waals surface area contributed by atoms with E-state index >= 15 is 0 Å². The van der Waals surface area contributed by atoms with Crippen molar-refractivity contribution in [3.8, 4) is 11.5 Å². The molecule has 1 aromatic heterocycles. The van der Waals surface area contributed by atoms with Crippen molar-refractivity contribution >= 4 is 28.2 Å². The lowest BCUT2D eigenvalue weighted by atomic mass is 10.2. The smallest absolute Gasteiger partial charge is 0.340 e. The van der Waals surface area contributed by atoms with Crippen LogP contribution in [-0.4, -0.2) is 33.2 Å². The molecule has 1 heterocycles. The zero-order valence-corrected chi connectivity index (χ0v) is 13.2. The highest BCUT2D eigenvalue weighted by molar-refractivity contribution is 7.14. The number of carbonyl (C=O) groups is 2. The van der Waals surface area contributed by atoms with Gasteiger partial charge in [0.15, 0.2) is 11.5 Å². The summed E-state index contributed by atoms with van der Waals surface area (Å²) < 4.78 is 15.0. The van der Waals surface area contributed by atoms with Gasteiger partial charge in [0.1, 0.15) is 5.00 Å². The van der Waals surface area contributed by atoms with Crippen molar-refractivity contribution < 1.29 is 23.8 Å². The van der Waals surface area contributed by atoms with Crippen molar-refractivity contribution in [2.75, 3.05) is 26.6 Å². The minimum Gasteiger partial charge on any atom is -0.493 e. The minimum atomic E-state index is -0.496. The van der Waals surface area contributed by atoms with E-state index in [2.05, 4.69) is 10.1 Å². The number of rotatable bonds is 5. The Labute approximate surface area is 131 Å². The molecular weight excluding hydrogens is 306 g/mol. The van der Waals surface area contributed by atoms with Crippen molar-refractivity contribution in [1.82, 2.24) is 0 Å². The molecule has 2 rings (SSSR count). The van der Waals surface area contributed by atoms with E-state index in [1.54, 1.807) is 29.6 Å². The van der Waals surface area contributed by atoms with E-state index in [0.29, 0.717) is 27.6 Å². The normalized spacial score (nSPS) is 9.95. The number of nitrogens with one attached hydrogen (secondary N) is 1. The van der Waals surface area contributed by atoms with Gasteiger partial charge in [-0.05, 0) is 29.6 Å². The summed E-state index contributed by atoms with van der Waals surface area (Å²) in [6.07, 6.45) is 0. The molecule has 0 saturated carbocycles. The Balaban J connectivity index is 2.23. The highest BCUT2D eigenvalue weighted by Crippen LogP contribution is 2.29. The highest BCUT2D eigenvalue weighted by Gasteiger charge is 2.17. The predicted molar refractivity (Wildman–Crippen MR) is 83.2 cm³/mol. The van der Waals surface area contributed by atoms with Crippen LogP contribution in [0.15, 0.2) is 29.6 Å². The van der Waals surface area contributed by atoms with Gasteiger partial charge < -0.3 is 19.5 Å². The summed E-state index contributed by atoms with van der Waals surface area (Å²) in [5, 5.41) is 4.83. The molecule has 0 saturated heterocycles. The zero-order valence-electron chi connectivity index (χ0n) is 12.3. The first-order valence-corrected chi connectivity index (χ1v) is 7.17. The molecule has 0 aliphatic carbocycles. The van der Waals surface area contributed by atoms with Crippen molar-refractivity contribution in [3.05, 3.63) is 40.8 Å². The van der Waals surface area contributed by atoms with Gasteiger partial charge in [-0.3, -0.25) is 4.79 Å². The molecule has 0 aliphatic heterocycles. The van der Waals surface area contributed by atoms with Crippen molar-refractivity contribution in [2.24, 2.45) is 0 Å². The van der Waals surface area contributed by atoms with Crippen LogP contribution < -0.4 is 14.8 Å². The van der Waals surface area contributed by atoms with E-state index in [1.807, 2.05) is 0 Å². The molecule has 22 heavy (non-hydrogen) atoms. The van der Waals surface area contributed by atoms with Crippen LogP contribution in [-0.2, 0) is 4.74 Å². The fraction of sp³-hybridized carbons (Fsp3) is 0.200. The van der Waals surface area contributed by atoms with Crippen molar-refractivity contribution in [2.45, 2.75) is 0 Å². The maximum atomic E-state index is 12.3. The number of carbonyl (C=O) groups excluding carboxylic acids is 2. The van der Waals surface area contributed by atoms with E-state index in [0.717, 1.165) is 0 Å². The molecule has 116 valence electrons. The summed E-state index contributed by atoms with van der Waals surface area (Å²) in [5.41, 5.74) is 0.711. The quantitative estimate of drug-likeness (QED) is 0.857. The predicted octanol–water partition coefficient (Wildman–Crippen LogP) is 2.80. The summed E-state index contributed by atoms with van der Waals surface area (Å²) in [5.74, 6) is 0.136. The third-order valence-corrected chi connectivity index (χ3v) is 3.77. The molecule has 0 unspecified atom stereocenters. The van der Waals surface area contributed by atoms with Gasteiger partial charge in [-0.15, -0.1) is 11.3 Å². The Bertz CT molecular complexity index is 695. The van der Waals surface area contributed by atoms with Crippen LogP contribution in [0.25, 0.3) is 0 Å². The molecular formula is C15H15NO5S.